The summed E-state index contributed by atoms with van der Waals surface area (Å²) in [5.74, 6) is 0.517. The number of hydrogen-bond acceptors (Lipinski definition) is 2. The van der Waals surface area contributed by atoms with Crippen molar-refractivity contribution in [2.45, 2.75) is 6.04 Å². The van der Waals surface area contributed by atoms with Gasteiger partial charge in [-0.15, -0.1) is 0 Å². The van der Waals surface area contributed by atoms with E-state index in [9.17, 15) is 4.39 Å². The molecule has 0 spiro atoms. The van der Waals surface area contributed by atoms with Gasteiger partial charge in [0.05, 0.1) is 11.7 Å². The van der Waals surface area contributed by atoms with Crippen LogP contribution in [-0.4, -0.2) is 6.61 Å². The van der Waals surface area contributed by atoms with E-state index >= 15 is 0 Å². The topological polar surface area (TPSA) is 21.3 Å². The summed E-state index contributed by atoms with van der Waals surface area (Å²) in [6.07, 6.45) is 0. The van der Waals surface area contributed by atoms with Crippen LogP contribution >= 0.6 is 11.6 Å². The highest BCUT2D eigenvalue weighted by molar-refractivity contribution is 6.30. The summed E-state index contributed by atoms with van der Waals surface area (Å²) < 4.78 is 18.5. The van der Waals surface area contributed by atoms with Crippen LogP contribution in [-0.2, 0) is 0 Å². The van der Waals surface area contributed by atoms with E-state index in [4.69, 9.17) is 16.3 Å². The van der Waals surface area contributed by atoms with Gasteiger partial charge >= 0.3 is 0 Å². The average molecular weight is 264 g/mol. The van der Waals surface area contributed by atoms with Gasteiger partial charge in [0.2, 0.25) is 0 Å². The van der Waals surface area contributed by atoms with Crippen LogP contribution in [0.3, 0.4) is 0 Å². The van der Waals surface area contributed by atoms with Crippen LogP contribution in [0, 0.1) is 5.82 Å². The minimum absolute atomic E-state index is 0.0271. The highest BCUT2D eigenvalue weighted by Crippen LogP contribution is 2.35. The summed E-state index contributed by atoms with van der Waals surface area (Å²) in [4.78, 5) is 0. The lowest BCUT2D eigenvalue weighted by Gasteiger charge is -2.27. The lowest BCUT2D eigenvalue weighted by molar-refractivity contribution is 0.286. The van der Waals surface area contributed by atoms with E-state index in [1.165, 1.54) is 12.1 Å². The fraction of sp³-hybridized carbons (Fsp3) is 0.143. The first kappa shape index (κ1) is 11.4. The minimum atomic E-state index is -0.234. The number of rotatable bonds is 1. The molecule has 2 nitrogen and oxygen atoms in total. The molecule has 0 saturated carbocycles. The van der Waals surface area contributed by atoms with Crippen LogP contribution in [0.4, 0.5) is 10.1 Å². The van der Waals surface area contributed by atoms with Gasteiger partial charge in [-0.05, 0) is 29.8 Å². The van der Waals surface area contributed by atoms with Crippen molar-refractivity contribution in [1.29, 1.82) is 0 Å². The predicted molar refractivity (Wildman–Crippen MR) is 69.7 cm³/mol. The largest absolute Gasteiger partial charge is 0.489 e. The van der Waals surface area contributed by atoms with Crippen molar-refractivity contribution in [1.82, 2.24) is 0 Å². The summed E-state index contributed by atoms with van der Waals surface area (Å²) in [6, 6.07) is 11.9. The molecule has 0 radical (unpaired) electrons. The molecule has 18 heavy (non-hydrogen) atoms. The Balaban J connectivity index is 1.86. The van der Waals surface area contributed by atoms with Gasteiger partial charge in [0.1, 0.15) is 18.2 Å². The van der Waals surface area contributed by atoms with Gasteiger partial charge in [-0.2, -0.15) is 0 Å². The summed E-state index contributed by atoms with van der Waals surface area (Å²) in [6.45, 7) is 0.499. The fourth-order valence-electron chi connectivity index (χ4n) is 2.01. The van der Waals surface area contributed by atoms with Crippen LogP contribution in [0.25, 0.3) is 0 Å². The molecule has 0 aromatic heterocycles. The molecule has 1 atom stereocenters. The molecule has 0 unspecified atom stereocenters. The van der Waals surface area contributed by atoms with Gasteiger partial charge in [-0.1, -0.05) is 23.7 Å². The Morgan fingerprint density at radius 2 is 1.94 bits per heavy atom. The van der Waals surface area contributed by atoms with Crippen molar-refractivity contribution in [3.63, 3.8) is 0 Å². The molecule has 2 aromatic rings. The third-order valence-electron chi connectivity index (χ3n) is 2.95. The normalized spacial score (nSPS) is 17.6. The van der Waals surface area contributed by atoms with Gasteiger partial charge in [-0.25, -0.2) is 4.39 Å². The Bertz CT molecular complexity index is 571. The molecule has 0 aliphatic carbocycles. The zero-order valence-corrected chi connectivity index (χ0v) is 10.2. The summed E-state index contributed by atoms with van der Waals surface area (Å²) >= 11 is 5.90. The molecule has 92 valence electrons. The second-order valence-corrected chi connectivity index (χ2v) is 4.64. The van der Waals surface area contributed by atoms with E-state index in [1.54, 1.807) is 18.2 Å². The van der Waals surface area contributed by atoms with Gasteiger partial charge in [0.15, 0.2) is 0 Å². The van der Waals surface area contributed by atoms with E-state index in [2.05, 4.69) is 5.32 Å². The molecular weight excluding hydrogens is 253 g/mol. The number of ether oxygens (including phenoxy) is 1. The van der Waals surface area contributed by atoms with Crippen molar-refractivity contribution >= 4 is 17.3 Å². The van der Waals surface area contributed by atoms with Crippen molar-refractivity contribution in [3.8, 4) is 5.75 Å². The molecule has 1 heterocycles. The summed E-state index contributed by atoms with van der Waals surface area (Å²) in [5, 5.41) is 4.00. The Morgan fingerprint density at radius 3 is 2.72 bits per heavy atom. The third kappa shape index (κ3) is 2.14. The maximum Gasteiger partial charge on any atom is 0.144 e. The number of nitrogens with one attached hydrogen (secondary N) is 1. The Morgan fingerprint density at radius 1 is 1.17 bits per heavy atom. The van der Waals surface area contributed by atoms with Crippen molar-refractivity contribution in [3.05, 3.63) is 58.9 Å². The lowest BCUT2D eigenvalue weighted by atomic mass is 10.1. The van der Waals surface area contributed by atoms with Crippen LogP contribution in [0.15, 0.2) is 42.5 Å². The Kier molecular flexibility index (Phi) is 2.84. The maximum absolute atomic E-state index is 12.9. The zero-order chi connectivity index (χ0) is 12.5. The predicted octanol–water partition coefficient (Wildman–Crippen LogP) is 4.02. The molecule has 1 aliphatic rings. The molecule has 3 rings (SSSR count). The standard InChI is InChI=1S/C14H11ClFNO/c15-10-3-6-12-14(7-10)18-8-13(17-12)9-1-4-11(16)5-2-9/h1-7,13,17H,8H2/t13-/m1/s1. The summed E-state index contributed by atoms with van der Waals surface area (Å²) in [5.41, 5.74) is 1.90. The smallest absolute Gasteiger partial charge is 0.144 e. The van der Waals surface area contributed by atoms with E-state index < -0.39 is 0 Å². The zero-order valence-electron chi connectivity index (χ0n) is 9.49. The highest BCUT2D eigenvalue weighted by Gasteiger charge is 2.20. The first-order valence-electron chi connectivity index (χ1n) is 5.67. The monoisotopic (exact) mass is 263 g/mol. The Labute approximate surface area is 109 Å². The van der Waals surface area contributed by atoms with Crippen LogP contribution < -0.4 is 10.1 Å². The molecule has 1 aliphatic heterocycles. The van der Waals surface area contributed by atoms with Crippen LogP contribution in [0.5, 0.6) is 5.75 Å². The van der Waals surface area contributed by atoms with Crippen LogP contribution in [0.1, 0.15) is 11.6 Å². The number of hydrogen-bond donors (Lipinski definition) is 1. The molecule has 0 saturated heterocycles. The molecule has 2 aromatic carbocycles. The van der Waals surface area contributed by atoms with Crippen molar-refractivity contribution < 1.29 is 9.13 Å². The van der Waals surface area contributed by atoms with E-state index in [0.29, 0.717) is 11.6 Å². The maximum atomic E-state index is 12.9. The quantitative estimate of drug-likeness (QED) is 0.839. The van der Waals surface area contributed by atoms with Crippen LogP contribution in [0.2, 0.25) is 5.02 Å². The summed E-state index contributed by atoms with van der Waals surface area (Å²) in [7, 11) is 0. The SMILES string of the molecule is Fc1ccc([C@H]2COc3cc(Cl)ccc3N2)cc1. The molecule has 0 bridgehead atoms. The molecule has 1 N–H and O–H groups in total. The molecule has 0 fully saturated rings. The number of fused-ring (bicyclic) bond motifs is 1. The first-order valence-corrected chi connectivity index (χ1v) is 6.04. The Hall–Kier alpha value is -1.74. The second kappa shape index (κ2) is 4.50. The van der Waals surface area contributed by atoms with E-state index in [0.717, 1.165) is 17.0 Å². The van der Waals surface area contributed by atoms with Gasteiger partial charge in [0, 0.05) is 11.1 Å². The lowest BCUT2D eigenvalue weighted by Crippen LogP contribution is -2.23. The number of benzene rings is 2. The third-order valence-corrected chi connectivity index (χ3v) is 3.19. The van der Waals surface area contributed by atoms with Crippen molar-refractivity contribution in [2.75, 3.05) is 11.9 Å². The number of anilines is 1. The highest BCUT2D eigenvalue weighted by atomic mass is 35.5. The molecular formula is C14H11ClFNO. The van der Waals surface area contributed by atoms with Gasteiger partial charge in [-0.3, -0.25) is 0 Å². The first-order chi connectivity index (χ1) is 8.72. The molecule has 0 amide bonds. The van der Waals surface area contributed by atoms with Gasteiger partial charge in [0.25, 0.3) is 0 Å². The van der Waals surface area contributed by atoms with Crippen molar-refractivity contribution in [2.24, 2.45) is 0 Å². The number of halogens is 2. The van der Waals surface area contributed by atoms with E-state index in [1.807, 2.05) is 12.1 Å². The molecule has 4 heteroatoms. The van der Waals surface area contributed by atoms with E-state index in [-0.39, 0.29) is 11.9 Å². The minimum Gasteiger partial charge on any atom is -0.489 e. The average Bonchev–Trinajstić information content (AvgIpc) is 2.39. The van der Waals surface area contributed by atoms with Gasteiger partial charge < -0.3 is 10.1 Å². The fourth-order valence-corrected chi connectivity index (χ4v) is 2.17. The second-order valence-electron chi connectivity index (χ2n) is 4.20.